The molecule has 9 heteroatoms. The maximum absolute atomic E-state index is 12.7. The van der Waals surface area contributed by atoms with Crippen molar-refractivity contribution in [2.75, 3.05) is 19.9 Å². The van der Waals surface area contributed by atoms with Crippen molar-refractivity contribution in [1.29, 1.82) is 0 Å². The Morgan fingerprint density at radius 1 is 1.16 bits per heavy atom. The van der Waals surface area contributed by atoms with Crippen LogP contribution < -0.4 is 14.8 Å². The molecule has 3 amide bonds. The van der Waals surface area contributed by atoms with Gasteiger partial charge in [0.25, 0.3) is 11.1 Å². The van der Waals surface area contributed by atoms with Crippen LogP contribution in [-0.4, -0.2) is 53.0 Å². The molecule has 2 aromatic carbocycles. The molecule has 0 bridgehead atoms. The van der Waals surface area contributed by atoms with E-state index >= 15 is 0 Å². The maximum atomic E-state index is 12.7. The minimum atomic E-state index is -0.536. The molecule has 2 aliphatic rings. The van der Waals surface area contributed by atoms with Gasteiger partial charge in [-0.25, -0.2) is 0 Å². The smallest absolute Gasteiger partial charge is 0.294 e. The SMILES string of the molecule is O=C(CN1C(=O)SC(=Cc2ccc3c(c2)OCO3)C1=O)N[C@@H](CO)Cc1ccccc1. The summed E-state index contributed by atoms with van der Waals surface area (Å²) in [5, 5.41) is 11.7. The van der Waals surface area contributed by atoms with Crippen LogP contribution in [0.25, 0.3) is 6.08 Å². The number of amides is 3. The summed E-state index contributed by atoms with van der Waals surface area (Å²) in [6.07, 6.45) is 2.02. The molecule has 0 saturated carbocycles. The Morgan fingerprint density at radius 3 is 2.71 bits per heavy atom. The Labute approximate surface area is 182 Å². The quantitative estimate of drug-likeness (QED) is 0.636. The van der Waals surface area contributed by atoms with Crippen LogP contribution in [0.15, 0.2) is 53.4 Å². The Kier molecular flexibility index (Phi) is 6.24. The average molecular weight is 440 g/mol. The van der Waals surface area contributed by atoms with Crippen molar-refractivity contribution in [2.24, 2.45) is 0 Å². The molecule has 4 rings (SSSR count). The fourth-order valence-electron chi connectivity index (χ4n) is 3.27. The van der Waals surface area contributed by atoms with Gasteiger partial charge in [0.05, 0.1) is 17.6 Å². The van der Waals surface area contributed by atoms with E-state index in [1.807, 2.05) is 30.3 Å². The molecule has 0 aromatic heterocycles. The van der Waals surface area contributed by atoms with Gasteiger partial charge >= 0.3 is 0 Å². The highest BCUT2D eigenvalue weighted by Gasteiger charge is 2.36. The minimum absolute atomic E-state index is 0.142. The molecule has 2 aliphatic heterocycles. The first kappa shape index (κ1) is 21.0. The lowest BCUT2D eigenvalue weighted by Crippen LogP contribution is -2.45. The molecule has 0 spiro atoms. The first-order chi connectivity index (χ1) is 15.0. The molecule has 0 unspecified atom stereocenters. The van der Waals surface area contributed by atoms with Gasteiger partial charge in [-0.2, -0.15) is 0 Å². The number of nitrogens with zero attached hydrogens (tertiary/aromatic N) is 1. The van der Waals surface area contributed by atoms with Gasteiger partial charge in [0.1, 0.15) is 6.54 Å². The monoisotopic (exact) mass is 440 g/mol. The van der Waals surface area contributed by atoms with E-state index in [9.17, 15) is 19.5 Å². The predicted octanol–water partition coefficient (Wildman–Crippen LogP) is 2.17. The van der Waals surface area contributed by atoms with Crippen LogP contribution in [0.1, 0.15) is 11.1 Å². The highest BCUT2D eigenvalue weighted by atomic mass is 32.2. The van der Waals surface area contributed by atoms with E-state index in [1.54, 1.807) is 24.3 Å². The van der Waals surface area contributed by atoms with Gasteiger partial charge in [0, 0.05) is 0 Å². The summed E-state index contributed by atoms with van der Waals surface area (Å²) in [5.41, 5.74) is 1.64. The van der Waals surface area contributed by atoms with Gasteiger partial charge in [-0.05, 0) is 47.5 Å². The number of nitrogens with one attached hydrogen (secondary N) is 1. The minimum Gasteiger partial charge on any atom is -0.454 e. The number of hydrogen-bond acceptors (Lipinski definition) is 7. The fraction of sp³-hybridized carbons (Fsp3) is 0.227. The fourth-order valence-corrected chi connectivity index (χ4v) is 4.11. The second kappa shape index (κ2) is 9.23. The summed E-state index contributed by atoms with van der Waals surface area (Å²) < 4.78 is 10.6. The average Bonchev–Trinajstić information content (AvgIpc) is 3.33. The molecule has 160 valence electrons. The van der Waals surface area contributed by atoms with Gasteiger partial charge in [-0.15, -0.1) is 0 Å². The largest absolute Gasteiger partial charge is 0.454 e. The van der Waals surface area contributed by atoms with Crippen LogP contribution in [0, 0.1) is 0 Å². The molecule has 2 aromatic rings. The number of fused-ring (bicyclic) bond motifs is 1. The van der Waals surface area contributed by atoms with E-state index in [0.29, 0.717) is 23.5 Å². The molecule has 1 atom stereocenters. The lowest BCUT2D eigenvalue weighted by Gasteiger charge is -2.18. The molecule has 1 fully saturated rings. The Bertz CT molecular complexity index is 1040. The first-order valence-electron chi connectivity index (χ1n) is 9.62. The third-order valence-electron chi connectivity index (χ3n) is 4.78. The second-order valence-corrected chi connectivity index (χ2v) is 8.01. The molecule has 2 N–H and O–H groups in total. The highest BCUT2D eigenvalue weighted by Crippen LogP contribution is 2.36. The summed E-state index contributed by atoms with van der Waals surface area (Å²) in [5.74, 6) is 0.143. The first-order valence-corrected chi connectivity index (χ1v) is 10.4. The Balaban J connectivity index is 1.39. The Hall–Kier alpha value is -3.30. The van der Waals surface area contributed by atoms with Crippen molar-refractivity contribution in [3.63, 3.8) is 0 Å². The van der Waals surface area contributed by atoms with Gasteiger partial charge < -0.3 is 19.9 Å². The number of benzene rings is 2. The van der Waals surface area contributed by atoms with Crippen molar-refractivity contribution in [1.82, 2.24) is 10.2 Å². The molecular weight excluding hydrogens is 420 g/mol. The van der Waals surface area contributed by atoms with Gasteiger partial charge in [-0.1, -0.05) is 36.4 Å². The summed E-state index contributed by atoms with van der Waals surface area (Å²) >= 11 is 0.776. The number of thioether (sulfide) groups is 1. The zero-order chi connectivity index (χ0) is 21.8. The third kappa shape index (κ3) is 4.89. The van der Waals surface area contributed by atoms with E-state index in [0.717, 1.165) is 22.2 Å². The lowest BCUT2D eigenvalue weighted by molar-refractivity contribution is -0.129. The normalized spacial score (nSPS) is 17.3. The Morgan fingerprint density at radius 2 is 1.94 bits per heavy atom. The number of ether oxygens (including phenoxy) is 2. The molecule has 1 saturated heterocycles. The van der Waals surface area contributed by atoms with Gasteiger partial charge in [0.15, 0.2) is 11.5 Å². The molecular formula is C22H20N2O6S. The summed E-state index contributed by atoms with van der Waals surface area (Å²) in [6.45, 7) is -0.523. The molecule has 8 nitrogen and oxygen atoms in total. The number of carbonyl (C=O) groups is 3. The molecule has 2 heterocycles. The van der Waals surface area contributed by atoms with E-state index in [4.69, 9.17) is 9.47 Å². The zero-order valence-corrected chi connectivity index (χ0v) is 17.3. The number of carbonyl (C=O) groups excluding carboxylic acids is 3. The topological polar surface area (TPSA) is 105 Å². The van der Waals surface area contributed by atoms with Crippen LogP contribution in [-0.2, 0) is 16.0 Å². The molecule has 0 aliphatic carbocycles. The second-order valence-electron chi connectivity index (χ2n) is 7.02. The summed E-state index contributed by atoms with van der Waals surface area (Å²) in [7, 11) is 0. The molecule has 0 radical (unpaired) electrons. The maximum Gasteiger partial charge on any atom is 0.294 e. The summed E-state index contributed by atoms with van der Waals surface area (Å²) in [6, 6.07) is 14.1. The van der Waals surface area contributed by atoms with Crippen molar-refractivity contribution in [3.05, 3.63) is 64.6 Å². The number of aliphatic hydroxyl groups excluding tert-OH is 1. The van der Waals surface area contributed by atoms with Crippen LogP contribution in [0.2, 0.25) is 0 Å². The number of imide groups is 1. The van der Waals surface area contributed by atoms with Gasteiger partial charge in [0.2, 0.25) is 12.7 Å². The molecule has 31 heavy (non-hydrogen) atoms. The lowest BCUT2D eigenvalue weighted by atomic mass is 10.1. The van der Waals surface area contributed by atoms with Crippen molar-refractivity contribution in [2.45, 2.75) is 12.5 Å². The van der Waals surface area contributed by atoms with E-state index in [1.165, 1.54) is 0 Å². The number of rotatable bonds is 7. The number of hydrogen-bond donors (Lipinski definition) is 2. The van der Waals surface area contributed by atoms with Crippen molar-refractivity contribution < 1.29 is 29.0 Å². The standard InChI is InChI=1S/C22H20N2O6S/c25-12-16(8-14-4-2-1-3-5-14)23-20(26)11-24-21(27)19(31-22(24)28)10-15-6-7-17-18(9-15)30-13-29-17/h1-7,9-10,16,25H,8,11-13H2,(H,23,26)/t16-/m1/s1. The van der Waals surface area contributed by atoms with Crippen LogP contribution in [0.3, 0.4) is 0 Å². The predicted molar refractivity (Wildman–Crippen MR) is 114 cm³/mol. The van der Waals surface area contributed by atoms with E-state index in [-0.39, 0.29) is 18.3 Å². The van der Waals surface area contributed by atoms with E-state index in [2.05, 4.69) is 5.32 Å². The van der Waals surface area contributed by atoms with Crippen molar-refractivity contribution >= 4 is 34.9 Å². The van der Waals surface area contributed by atoms with Crippen LogP contribution in [0.4, 0.5) is 4.79 Å². The van der Waals surface area contributed by atoms with Crippen LogP contribution in [0.5, 0.6) is 11.5 Å². The van der Waals surface area contributed by atoms with Crippen LogP contribution >= 0.6 is 11.8 Å². The number of aliphatic hydroxyl groups is 1. The van der Waals surface area contributed by atoms with Crippen molar-refractivity contribution in [3.8, 4) is 11.5 Å². The zero-order valence-electron chi connectivity index (χ0n) is 16.4. The third-order valence-corrected chi connectivity index (χ3v) is 5.69. The summed E-state index contributed by atoms with van der Waals surface area (Å²) in [4.78, 5) is 38.5. The van der Waals surface area contributed by atoms with Gasteiger partial charge in [-0.3, -0.25) is 19.3 Å². The van der Waals surface area contributed by atoms with E-state index < -0.39 is 29.6 Å². The highest BCUT2D eigenvalue weighted by molar-refractivity contribution is 8.18.